The highest BCUT2D eigenvalue weighted by Crippen LogP contribution is 2.12. The average Bonchev–Trinajstić information content (AvgIpc) is 2.01. The Morgan fingerprint density at radius 2 is 2.07 bits per heavy atom. The van der Waals surface area contributed by atoms with Crippen LogP contribution in [-0.2, 0) is 4.74 Å². The zero-order valence-electron chi connectivity index (χ0n) is 7.60. The number of nitrogens with two attached hydrogens (primary N) is 1. The first-order chi connectivity index (χ1) is 6.50. The number of ether oxygens (including phenoxy) is 1. The third-order valence-corrected chi connectivity index (χ3v) is 1.49. The molecule has 0 atom stereocenters. The number of rotatable bonds is 1. The van der Waals surface area contributed by atoms with E-state index in [-0.39, 0.29) is 17.1 Å². The van der Waals surface area contributed by atoms with Crippen LogP contribution in [-0.4, -0.2) is 11.8 Å². The third-order valence-electron chi connectivity index (χ3n) is 1.49. The normalized spacial score (nSPS) is 9.57. The lowest BCUT2D eigenvalue weighted by Crippen LogP contribution is -2.10. The molecule has 4 N–H and O–H groups in total. The number of benzene rings is 1. The van der Waals surface area contributed by atoms with E-state index < -0.39 is 11.7 Å². The van der Waals surface area contributed by atoms with Crippen molar-refractivity contribution in [3.05, 3.63) is 29.6 Å². The lowest BCUT2D eigenvalue weighted by Gasteiger charge is -2.06. The van der Waals surface area contributed by atoms with E-state index in [9.17, 15) is 4.39 Å². The van der Waals surface area contributed by atoms with Crippen LogP contribution in [0.15, 0.2) is 18.2 Å². The maximum Gasteiger partial charge on any atom is 0.223 e. The molecule has 0 fully saturated rings. The van der Waals surface area contributed by atoms with E-state index in [1.165, 1.54) is 19.1 Å². The van der Waals surface area contributed by atoms with Gasteiger partial charge in [-0.2, -0.15) is 0 Å². The summed E-state index contributed by atoms with van der Waals surface area (Å²) in [6.45, 7) is 1.36. The van der Waals surface area contributed by atoms with Gasteiger partial charge in [0.05, 0.1) is 5.56 Å². The van der Waals surface area contributed by atoms with Crippen molar-refractivity contribution in [2.45, 2.75) is 6.92 Å². The Labute approximate surface area is 80.5 Å². The maximum atomic E-state index is 13.2. The van der Waals surface area contributed by atoms with Gasteiger partial charge in [-0.25, -0.2) is 4.39 Å². The van der Waals surface area contributed by atoms with Crippen molar-refractivity contribution in [1.29, 1.82) is 10.8 Å². The van der Waals surface area contributed by atoms with E-state index in [0.717, 1.165) is 6.07 Å². The largest absolute Gasteiger partial charge is 0.425 e. The smallest absolute Gasteiger partial charge is 0.223 e. The van der Waals surface area contributed by atoms with Crippen LogP contribution in [0.5, 0.6) is 0 Å². The summed E-state index contributed by atoms with van der Waals surface area (Å²) in [7, 11) is 0. The topological polar surface area (TPSA) is 83.0 Å². The van der Waals surface area contributed by atoms with Crippen molar-refractivity contribution in [3.63, 3.8) is 0 Å². The molecule has 1 aromatic rings. The van der Waals surface area contributed by atoms with Gasteiger partial charge in [-0.1, -0.05) is 0 Å². The number of hydrogen-bond acceptors (Lipinski definition) is 4. The van der Waals surface area contributed by atoms with Gasteiger partial charge >= 0.3 is 0 Å². The molecule has 0 unspecified atom stereocenters. The van der Waals surface area contributed by atoms with E-state index in [4.69, 9.17) is 16.6 Å². The van der Waals surface area contributed by atoms with Crippen LogP contribution in [0, 0.1) is 16.6 Å². The molecule has 0 aliphatic carbocycles. The van der Waals surface area contributed by atoms with Crippen LogP contribution in [0.2, 0.25) is 0 Å². The lowest BCUT2D eigenvalue weighted by molar-refractivity contribution is 0.524. The average molecular weight is 195 g/mol. The van der Waals surface area contributed by atoms with Crippen molar-refractivity contribution in [2.75, 3.05) is 5.73 Å². The SMILES string of the molecule is CC(=N)OC(=N)c1ccc(N)cc1F. The molecule has 0 saturated heterocycles. The summed E-state index contributed by atoms with van der Waals surface area (Å²) in [5.74, 6) is -1.18. The van der Waals surface area contributed by atoms with E-state index in [1.54, 1.807) is 0 Å². The molecule has 0 aliphatic rings. The second-order valence-electron chi connectivity index (χ2n) is 2.73. The van der Waals surface area contributed by atoms with Gasteiger partial charge in [0, 0.05) is 12.6 Å². The summed E-state index contributed by atoms with van der Waals surface area (Å²) in [6.07, 6.45) is 0. The van der Waals surface area contributed by atoms with Gasteiger partial charge in [0.25, 0.3) is 0 Å². The predicted molar refractivity (Wildman–Crippen MR) is 52.1 cm³/mol. The van der Waals surface area contributed by atoms with Crippen LogP contribution < -0.4 is 5.73 Å². The van der Waals surface area contributed by atoms with E-state index >= 15 is 0 Å². The maximum absolute atomic E-state index is 13.2. The molecule has 0 spiro atoms. The summed E-state index contributed by atoms with van der Waals surface area (Å²) in [4.78, 5) is 0. The van der Waals surface area contributed by atoms with Gasteiger partial charge in [0.1, 0.15) is 5.82 Å². The Balaban J connectivity index is 2.96. The minimum absolute atomic E-state index is 0.00852. The summed E-state index contributed by atoms with van der Waals surface area (Å²) in [6, 6.07) is 3.91. The number of halogens is 1. The molecular weight excluding hydrogens is 185 g/mol. The number of nitrogens with one attached hydrogen (secondary N) is 2. The Kier molecular flexibility index (Phi) is 2.81. The second kappa shape index (κ2) is 3.87. The van der Waals surface area contributed by atoms with Crippen LogP contribution in [0.25, 0.3) is 0 Å². The van der Waals surface area contributed by atoms with Crippen molar-refractivity contribution in [2.24, 2.45) is 0 Å². The molecule has 1 rings (SSSR count). The standard InChI is InChI=1S/C9H10FN3O/c1-5(11)14-9(13)7-3-2-6(12)4-8(7)10/h2-4,11,13H,12H2,1H3. The molecule has 0 bridgehead atoms. The van der Waals surface area contributed by atoms with Crippen molar-refractivity contribution in [1.82, 2.24) is 0 Å². The first-order valence-corrected chi connectivity index (χ1v) is 3.87. The molecule has 0 aromatic heterocycles. The van der Waals surface area contributed by atoms with Gasteiger partial charge in [0.15, 0.2) is 5.90 Å². The molecule has 1 aromatic carbocycles. The highest BCUT2D eigenvalue weighted by molar-refractivity contribution is 5.98. The van der Waals surface area contributed by atoms with E-state index in [0.29, 0.717) is 0 Å². The van der Waals surface area contributed by atoms with Crippen molar-refractivity contribution < 1.29 is 9.13 Å². The Morgan fingerprint density at radius 1 is 1.43 bits per heavy atom. The van der Waals surface area contributed by atoms with Crippen LogP contribution in [0.4, 0.5) is 10.1 Å². The molecule has 0 heterocycles. The second-order valence-corrected chi connectivity index (χ2v) is 2.73. The lowest BCUT2D eigenvalue weighted by atomic mass is 10.2. The van der Waals surface area contributed by atoms with Gasteiger partial charge in [-0.3, -0.25) is 10.8 Å². The zero-order chi connectivity index (χ0) is 10.7. The van der Waals surface area contributed by atoms with Crippen LogP contribution in [0.1, 0.15) is 12.5 Å². The molecule has 4 nitrogen and oxygen atoms in total. The van der Waals surface area contributed by atoms with Gasteiger partial charge in [-0.05, 0) is 18.2 Å². The fourth-order valence-corrected chi connectivity index (χ4v) is 0.924. The van der Waals surface area contributed by atoms with Crippen molar-refractivity contribution in [3.8, 4) is 0 Å². The molecule has 0 radical (unpaired) electrons. The molecule has 0 aliphatic heterocycles. The Hall–Kier alpha value is -1.91. The summed E-state index contributed by atoms with van der Waals surface area (Å²) in [5.41, 5.74) is 5.61. The Morgan fingerprint density at radius 3 is 2.57 bits per heavy atom. The molecule has 0 amide bonds. The molecule has 5 heteroatoms. The predicted octanol–water partition coefficient (Wildman–Crippen LogP) is 1.75. The summed E-state index contributed by atoms with van der Waals surface area (Å²) < 4.78 is 17.8. The molecule has 14 heavy (non-hydrogen) atoms. The zero-order valence-corrected chi connectivity index (χ0v) is 7.60. The first-order valence-electron chi connectivity index (χ1n) is 3.87. The number of hydrogen-bond donors (Lipinski definition) is 3. The third kappa shape index (κ3) is 2.29. The number of nitrogen functional groups attached to an aromatic ring is 1. The molecule has 74 valence electrons. The minimum atomic E-state index is -0.628. The highest BCUT2D eigenvalue weighted by atomic mass is 19.1. The minimum Gasteiger partial charge on any atom is -0.425 e. The molecule has 0 saturated carbocycles. The number of anilines is 1. The van der Waals surface area contributed by atoms with Gasteiger partial charge in [-0.15, -0.1) is 0 Å². The van der Waals surface area contributed by atoms with Gasteiger partial charge < -0.3 is 10.5 Å². The Bertz CT molecular complexity index is 390. The quantitative estimate of drug-likeness (QED) is 0.362. The molecular formula is C9H10FN3O. The fourth-order valence-electron chi connectivity index (χ4n) is 0.924. The fraction of sp³-hybridized carbons (Fsp3) is 0.111. The van der Waals surface area contributed by atoms with E-state index in [2.05, 4.69) is 4.74 Å². The van der Waals surface area contributed by atoms with E-state index in [1.807, 2.05) is 0 Å². The summed E-state index contributed by atoms with van der Waals surface area (Å²) >= 11 is 0. The first kappa shape index (κ1) is 10.2. The highest BCUT2D eigenvalue weighted by Gasteiger charge is 2.10. The monoisotopic (exact) mass is 195 g/mol. The van der Waals surface area contributed by atoms with Crippen LogP contribution in [0.3, 0.4) is 0 Å². The summed E-state index contributed by atoms with van der Waals surface area (Å²) in [5, 5.41) is 14.3. The van der Waals surface area contributed by atoms with Crippen LogP contribution >= 0.6 is 0 Å². The van der Waals surface area contributed by atoms with Gasteiger partial charge in [0.2, 0.25) is 5.90 Å². The van der Waals surface area contributed by atoms with Crippen molar-refractivity contribution >= 4 is 17.5 Å².